The number of H-pyrrole nitrogens is 1. The number of esters is 1. The Morgan fingerprint density at radius 1 is 1.21 bits per heavy atom. The number of methoxy groups -OCH3 is 1. The van der Waals surface area contributed by atoms with Gasteiger partial charge in [0, 0.05) is 37.1 Å². The van der Waals surface area contributed by atoms with Gasteiger partial charge in [-0.3, -0.25) is 4.79 Å². The highest BCUT2D eigenvalue weighted by Crippen LogP contribution is 2.30. The number of aryl methyl sites for hydroxylation is 1. The van der Waals surface area contributed by atoms with Crippen molar-refractivity contribution in [2.24, 2.45) is 0 Å². The Bertz CT molecular complexity index is 1140. The summed E-state index contributed by atoms with van der Waals surface area (Å²) in [7, 11) is 1.65. The van der Waals surface area contributed by atoms with Crippen molar-refractivity contribution in [3.8, 4) is 11.4 Å². The van der Waals surface area contributed by atoms with Crippen LogP contribution in [0.3, 0.4) is 0 Å². The molecule has 0 aliphatic heterocycles. The van der Waals surface area contributed by atoms with Crippen molar-refractivity contribution in [1.29, 1.82) is 0 Å². The molecule has 0 unspecified atom stereocenters. The first kappa shape index (κ1) is 25.0. The molecule has 0 bridgehead atoms. The third-order valence-electron chi connectivity index (χ3n) is 5.09. The first-order valence-corrected chi connectivity index (χ1v) is 11.9. The molecule has 176 valence electrons. The number of thioether (sulfide) groups is 1. The smallest absolute Gasteiger partial charge is 0.355 e. The summed E-state index contributed by atoms with van der Waals surface area (Å²) in [5, 5.41) is 9.87. The summed E-state index contributed by atoms with van der Waals surface area (Å²) >= 11 is 7.69. The fourth-order valence-electron chi connectivity index (χ4n) is 3.58. The first-order valence-electron chi connectivity index (χ1n) is 10.6. The molecule has 0 saturated heterocycles. The monoisotopic (exact) mass is 490 g/mol. The van der Waals surface area contributed by atoms with Gasteiger partial charge in [-0.15, -0.1) is 10.2 Å². The average molecular weight is 491 g/mol. The standard InChI is InChI=1S/C23H27ClN4O4S/c1-5-32-22(30)20-14(2)19(15(3)25-20)18(29)13-33-23-27-26-21(28(23)11-8-12-31-4)16-9-6-7-10-17(16)24/h6-7,9-10,25H,5,8,11-13H2,1-4H3. The van der Waals surface area contributed by atoms with Gasteiger partial charge >= 0.3 is 5.97 Å². The van der Waals surface area contributed by atoms with E-state index < -0.39 is 5.97 Å². The molecule has 0 saturated carbocycles. The Balaban J connectivity index is 1.83. The molecule has 3 rings (SSSR count). The number of Topliss-reactive ketones (excluding diaryl/α,β-unsaturated/α-hetero) is 1. The summed E-state index contributed by atoms with van der Waals surface area (Å²) < 4.78 is 12.2. The second-order valence-corrected chi connectivity index (χ2v) is 8.69. The molecular formula is C23H27ClN4O4S. The van der Waals surface area contributed by atoms with Gasteiger partial charge in [-0.2, -0.15) is 0 Å². The Hall–Kier alpha value is -2.62. The second kappa shape index (κ2) is 11.5. The van der Waals surface area contributed by atoms with Crippen molar-refractivity contribution in [1.82, 2.24) is 19.7 Å². The van der Waals surface area contributed by atoms with Crippen LogP contribution in [-0.4, -0.2) is 57.6 Å². The van der Waals surface area contributed by atoms with E-state index in [0.717, 1.165) is 12.0 Å². The van der Waals surface area contributed by atoms with Crippen LogP contribution < -0.4 is 0 Å². The Morgan fingerprint density at radius 2 is 1.97 bits per heavy atom. The minimum Gasteiger partial charge on any atom is -0.461 e. The second-order valence-electron chi connectivity index (χ2n) is 7.34. The number of benzene rings is 1. The molecular weight excluding hydrogens is 464 g/mol. The average Bonchev–Trinajstić information content (AvgIpc) is 3.32. The van der Waals surface area contributed by atoms with Gasteiger partial charge in [0.25, 0.3) is 0 Å². The largest absolute Gasteiger partial charge is 0.461 e. The number of nitrogens with one attached hydrogen (secondary N) is 1. The van der Waals surface area contributed by atoms with E-state index in [1.807, 2.05) is 22.8 Å². The van der Waals surface area contributed by atoms with Crippen LogP contribution in [0.1, 0.15) is 45.4 Å². The summed E-state index contributed by atoms with van der Waals surface area (Å²) in [5.74, 6) is 0.220. The molecule has 0 aliphatic carbocycles. The molecule has 10 heteroatoms. The van der Waals surface area contributed by atoms with E-state index in [0.29, 0.717) is 51.7 Å². The number of aromatic amines is 1. The summed E-state index contributed by atoms with van der Waals surface area (Å²) in [6, 6.07) is 7.45. The van der Waals surface area contributed by atoms with Crippen molar-refractivity contribution < 1.29 is 19.1 Å². The van der Waals surface area contributed by atoms with Gasteiger partial charge < -0.3 is 19.0 Å². The maximum atomic E-state index is 13.1. The van der Waals surface area contributed by atoms with Crippen molar-refractivity contribution in [2.75, 3.05) is 26.1 Å². The van der Waals surface area contributed by atoms with Crippen molar-refractivity contribution >= 4 is 35.1 Å². The van der Waals surface area contributed by atoms with Crippen LogP contribution in [0.15, 0.2) is 29.4 Å². The number of hydrogen-bond donors (Lipinski definition) is 1. The lowest BCUT2D eigenvalue weighted by Crippen LogP contribution is -2.10. The van der Waals surface area contributed by atoms with Crippen LogP contribution >= 0.6 is 23.4 Å². The summed E-state index contributed by atoms with van der Waals surface area (Å²) in [6.07, 6.45) is 0.756. The lowest BCUT2D eigenvalue weighted by Gasteiger charge is -2.11. The molecule has 0 fully saturated rings. The summed E-state index contributed by atoms with van der Waals surface area (Å²) in [4.78, 5) is 28.2. The fourth-order valence-corrected chi connectivity index (χ4v) is 4.64. The third kappa shape index (κ3) is 5.66. The molecule has 0 radical (unpaired) electrons. The number of halogens is 1. The molecule has 0 amide bonds. The molecule has 2 aromatic heterocycles. The highest BCUT2D eigenvalue weighted by Gasteiger charge is 2.24. The molecule has 0 atom stereocenters. The Labute approximate surface area is 202 Å². The van der Waals surface area contributed by atoms with Gasteiger partial charge in [-0.05, 0) is 44.9 Å². The minimum atomic E-state index is -0.466. The van der Waals surface area contributed by atoms with Crippen LogP contribution in [0.5, 0.6) is 0 Å². The summed E-state index contributed by atoms with van der Waals surface area (Å²) in [5.41, 5.74) is 2.82. The van der Waals surface area contributed by atoms with Crippen LogP contribution in [0.4, 0.5) is 0 Å². The normalized spacial score (nSPS) is 11.1. The number of aromatic nitrogens is 4. The van der Waals surface area contributed by atoms with Crippen LogP contribution in [0.2, 0.25) is 5.02 Å². The maximum Gasteiger partial charge on any atom is 0.355 e. The quantitative estimate of drug-likeness (QED) is 0.179. The maximum absolute atomic E-state index is 13.1. The van der Waals surface area contributed by atoms with Gasteiger partial charge in [0.1, 0.15) is 5.69 Å². The zero-order chi connectivity index (χ0) is 24.0. The molecule has 2 heterocycles. The highest BCUT2D eigenvalue weighted by atomic mass is 35.5. The SMILES string of the molecule is CCOC(=O)c1[nH]c(C)c(C(=O)CSc2nnc(-c3ccccc3Cl)n2CCCOC)c1C. The van der Waals surface area contributed by atoms with Crippen molar-refractivity contribution in [3.63, 3.8) is 0 Å². The van der Waals surface area contributed by atoms with Crippen molar-refractivity contribution in [2.45, 2.75) is 38.9 Å². The lowest BCUT2D eigenvalue weighted by atomic mass is 10.1. The Morgan fingerprint density at radius 3 is 2.67 bits per heavy atom. The van der Waals surface area contributed by atoms with Gasteiger partial charge in [-0.25, -0.2) is 4.79 Å². The molecule has 1 aromatic carbocycles. The number of nitrogens with zero attached hydrogens (tertiary/aromatic N) is 3. The van der Waals surface area contributed by atoms with Gasteiger partial charge in [0.05, 0.1) is 17.4 Å². The van der Waals surface area contributed by atoms with E-state index >= 15 is 0 Å². The number of carbonyl (C=O) groups excluding carboxylic acids is 2. The Kier molecular flexibility index (Phi) is 8.71. The van der Waals surface area contributed by atoms with Gasteiger partial charge in [-0.1, -0.05) is 35.5 Å². The van der Waals surface area contributed by atoms with E-state index in [4.69, 9.17) is 21.1 Å². The van der Waals surface area contributed by atoms with Crippen LogP contribution in [0.25, 0.3) is 11.4 Å². The van der Waals surface area contributed by atoms with E-state index in [1.165, 1.54) is 11.8 Å². The van der Waals surface area contributed by atoms with E-state index in [9.17, 15) is 9.59 Å². The number of carbonyl (C=O) groups is 2. The molecule has 0 spiro atoms. The third-order valence-corrected chi connectivity index (χ3v) is 6.39. The van der Waals surface area contributed by atoms with E-state index in [1.54, 1.807) is 33.9 Å². The van der Waals surface area contributed by atoms with Crippen molar-refractivity contribution in [3.05, 3.63) is 51.8 Å². The topological polar surface area (TPSA) is 99.1 Å². The molecule has 3 aromatic rings. The predicted molar refractivity (Wildman–Crippen MR) is 128 cm³/mol. The zero-order valence-electron chi connectivity index (χ0n) is 19.1. The molecule has 0 aliphatic rings. The molecule has 33 heavy (non-hydrogen) atoms. The number of rotatable bonds is 11. The van der Waals surface area contributed by atoms with E-state index in [2.05, 4.69) is 15.2 Å². The molecule has 1 N–H and O–H groups in total. The van der Waals surface area contributed by atoms with Gasteiger partial charge in [0.2, 0.25) is 0 Å². The minimum absolute atomic E-state index is 0.104. The number of ether oxygens (including phenoxy) is 2. The molecule has 8 nitrogen and oxygen atoms in total. The van der Waals surface area contributed by atoms with Crippen LogP contribution in [0, 0.1) is 13.8 Å². The fraction of sp³-hybridized carbons (Fsp3) is 0.391. The van der Waals surface area contributed by atoms with E-state index in [-0.39, 0.29) is 18.1 Å². The highest BCUT2D eigenvalue weighted by molar-refractivity contribution is 7.99. The number of hydrogen-bond acceptors (Lipinski definition) is 7. The number of ketones is 1. The zero-order valence-corrected chi connectivity index (χ0v) is 20.7. The van der Waals surface area contributed by atoms with Gasteiger partial charge in [0.15, 0.2) is 16.8 Å². The van der Waals surface area contributed by atoms with Crippen LogP contribution in [-0.2, 0) is 16.0 Å². The first-order chi connectivity index (χ1) is 15.9. The summed E-state index contributed by atoms with van der Waals surface area (Å²) in [6.45, 7) is 6.73. The lowest BCUT2D eigenvalue weighted by molar-refractivity contribution is 0.0519. The predicted octanol–water partition coefficient (Wildman–Crippen LogP) is 4.73.